The monoisotopic (exact) mass is 348 g/mol. The van der Waals surface area contributed by atoms with Gasteiger partial charge in [0.1, 0.15) is 6.29 Å². The number of carbonyl (C=O) groups excluding carboxylic acids is 2. The molecular formula is C16H17ClN4O3. The number of aldehydes is 1. The molecule has 24 heavy (non-hydrogen) atoms. The van der Waals surface area contributed by atoms with Crippen molar-refractivity contribution in [2.75, 3.05) is 18.6 Å². The van der Waals surface area contributed by atoms with Gasteiger partial charge in [0.15, 0.2) is 11.0 Å². The Hall–Kier alpha value is -2.25. The van der Waals surface area contributed by atoms with E-state index >= 15 is 0 Å². The zero-order valence-electron chi connectivity index (χ0n) is 13.1. The van der Waals surface area contributed by atoms with Gasteiger partial charge in [-0.05, 0) is 37.5 Å². The SMILES string of the molecule is Cc1cc2nc(NNC(=O)C3CCOCC3)c(Cl)nc2cc1C=O. The molecule has 126 valence electrons. The zero-order valence-corrected chi connectivity index (χ0v) is 13.9. The van der Waals surface area contributed by atoms with Crippen LogP contribution in [0.4, 0.5) is 5.82 Å². The van der Waals surface area contributed by atoms with Gasteiger partial charge in [-0.15, -0.1) is 0 Å². The van der Waals surface area contributed by atoms with Gasteiger partial charge in [-0.25, -0.2) is 9.97 Å². The van der Waals surface area contributed by atoms with E-state index in [0.717, 1.165) is 11.8 Å². The molecule has 0 atom stereocenters. The zero-order chi connectivity index (χ0) is 17.1. The summed E-state index contributed by atoms with van der Waals surface area (Å²) in [4.78, 5) is 31.7. The largest absolute Gasteiger partial charge is 0.381 e. The molecule has 1 aromatic carbocycles. The van der Waals surface area contributed by atoms with Crippen molar-refractivity contribution in [2.45, 2.75) is 19.8 Å². The topological polar surface area (TPSA) is 93.2 Å². The molecule has 8 heteroatoms. The molecule has 7 nitrogen and oxygen atoms in total. The van der Waals surface area contributed by atoms with Crippen LogP contribution in [0.25, 0.3) is 11.0 Å². The lowest BCUT2D eigenvalue weighted by atomic mass is 10.00. The standard InChI is InChI=1S/C16H17ClN4O3/c1-9-6-12-13(7-11(9)8-22)18-14(17)15(19-12)20-21-16(23)10-2-4-24-5-3-10/h6-8,10H,2-5H2,1H3,(H,19,20)(H,21,23). The van der Waals surface area contributed by atoms with Crippen molar-refractivity contribution in [1.82, 2.24) is 15.4 Å². The molecule has 2 aromatic rings. The van der Waals surface area contributed by atoms with Gasteiger partial charge in [0.25, 0.3) is 0 Å². The van der Waals surface area contributed by atoms with E-state index in [0.29, 0.717) is 42.7 Å². The lowest BCUT2D eigenvalue weighted by Gasteiger charge is -2.21. The molecule has 3 rings (SSSR count). The summed E-state index contributed by atoms with van der Waals surface area (Å²) >= 11 is 6.11. The molecule has 1 aromatic heterocycles. The highest BCUT2D eigenvalue weighted by Crippen LogP contribution is 2.23. The van der Waals surface area contributed by atoms with E-state index in [-0.39, 0.29) is 22.8 Å². The summed E-state index contributed by atoms with van der Waals surface area (Å²) in [6.45, 7) is 3.00. The van der Waals surface area contributed by atoms with Crippen LogP contribution < -0.4 is 10.9 Å². The summed E-state index contributed by atoms with van der Waals surface area (Å²) < 4.78 is 5.24. The highest BCUT2D eigenvalue weighted by molar-refractivity contribution is 6.32. The second-order valence-corrected chi connectivity index (χ2v) is 6.04. The normalized spacial score (nSPS) is 15.2. The van der Waals surface area contributed by atoms with Crippen LogP contribution in [0.3, 0.4) is 0 Å². The minimum atomic E-state index is -0.122. The van der Waals surface area contributed by atoms with Crippen molar-refractivity contribution in [3.8, 4) is 0 Å². The third-order valence-corrected chi connectivity index (χ3v) is 4.30. The Morgan fingerprint density at radius 3 is 2.71 bits per heavy atom. The first-order chi connectivity index (χ1) is 11.6. The van der Waals surface area contributed by atoms with Gasteiger partial charge in [0.2, 0.25) is 5.91 Å². The molecule has 1 fully saturated rings. The van der Waals surface area contributed by atoms with E-state index in [1.54, 1.807) is 12.1 Å². The molecule has 1 amide bonds. The fraction of sp³-hybridized carbons (Fsp3) is 0.375. The van der Waals surface area contributed by atoms with Gasteiger partial charge in [0, 0.05) is 24.7 Å². The number of hydrazine groups is 1. The van der Waals surface area contributed by atoms with Gasteiger partial charge in [-0.1, -0.05) is 11.6 Å². The Balaban J connectivity index is 1.77. The minimum absolute atomic E-state index is 0.0872. The third kappa shape index (κ3) is 3.47. The fourth-order valence-corrected chi connectivity index (χ4v) is 2.77. The number of fused-ring (bicyclic) bond motifs is 1. The minimum Gasteiger partial charge on any atom is -0.381 e. The van der Waals surface area contributed by atoms with Crippen LogP contribution in [-0.4, -0.2) is 35.4 Å². The van der Waals surface area contributed by atoms with E-state index in [1.807, 2.05) is 6.92 Å². The van der Waals surface area contributed by atoms with Crippen LogP contribution >= 0.6 is 11.6 Å². The van der Waals surface area contributed by atoms with Crippen molar-refractivity contribution in [2.24, 2.45) is 5.92 Å². The molecule has 0 spiro atoms. The quantitative estimate of drug-likeness (QED) is 0.650. The van der Waals surface area contributed by atoms with Crippen molar-refractivity contribution in [1.29, 1.82) is 0 Å². The molecule has 0 saturated carbocycles. The van der Waals surface area contributed by atoms with Crippen LogP contribution in [0, 0.1) is 12.8 Å². The lowest BCUT2D eigenvalue weighted by Crippen LogP contribution is -2.37. The number of rotatable bonds is 4. The predicted molar refractivity (Wildman–Crippen MR) is 90.0 cm³/mol. The summed E-state index contributed by atoms with van der Waals surface area (Å²) in [7, 11) is 0. The highest BCUT2D eigenvalue weighted by Gasteiger charge is 2.21. The second-order valence-electron chi connectivity index (χ2n) is 5.68. The van der Waals surface area contributed by atoms with Crippen molar-refractivity contribution >= 4 is 40.6 Å². The molecule has 1 aliphatic heterocycles. The first-order valence-electron chi connectivity index (χ1n) is 7.65. The van der Waals surface area contributed by atoms with Gasteiger partial charge in [0.05, 0.1) is 11.0 Å². The first-order valence-corrected chi connectivity index (χ1v) is 8.03. The Kier molecular flexibility index (Phi) is 4.92. The summed E-state index contributed by atoms with van der Waals surface area (Å²) in [5.74, 6) is 0.0578. The smallest absolute Gasteiger partial charge is 0.241 e. The third-order valence-electron chi connectivity index (χ3n) is 4.03. The van der Waals surface area contributed by atoms with Crippen LogP contribution in [0.5, 0.6) is 0 Å². The summed E-state index contributed by atoms with van der Waals surface area (Å²) in [5, 5.41) is 0.121. The number of amides is 1. The van der Waals surface area contributed by atoms with Crippen LogP contribution in [-0.2, 0) is 9.53 Å². The molecule has 1 aliphatic rings. The molecule has 1 saturated heterocycles. The number of halogens is 1. The van der Waals surface area contributed by atoms with E-state index < -0.39 is 0 Å². The Bertz CT molecular complexity index is 790. The number of nitrogens with one attached hydrogen (secondary N) is 2. The predicted octanol–water partition coefficient (Wildman–Crippen LogP) is 2.27. The second kappa shape index (κ2) is 7.11. The number of anilines is 1. The maximum atomic E-state index is 12.1. The summed E-state index contributed by atoms with van der Waals surface area (Å²) in [6, 6.07) is 3.40. The van der Waals surface area contributed by atoms with E-state index in [2.05, 4.69) is 20.8 Å². The fourth-order valence-electron chi connectivity index (χ4n) is 2.59. The number of nitrogens with zero attached hydrogens (tertiary/aromatic N) is 2. The first kappa shape index (κ1) is 16.6. The molecule has 0 bridgehead atoms. The van der Waals surface area contributed by atoms with E-state index in [4.69, 9.17) is 16.3 Å². The van der Waals surface area contributed by atoms with Crippen LogP contribution in [0.1, 0.15) is 28.8 Å². The van der Waals surface area contributed by atoms with Gasteiger partial charge < -0.3 is 4.74 Å². The van der Waals surface area contributed by atoms with Crippen molar-refractivity contribution < 1.29 is 14.3 Å². The maximum absolute atomic E-state index is 12.1. The highest BCUT2D eigenvalue weighted by atomic mass is 35.5. The van der Waals surface area contributed by atoms with Gasteiger partial charge in [-0.2, -0.15) is 0 Å². The Morgan fingerprint density at radius 2 is 2.00 bits per heavy atom. The van der Waals surface area contributed by atoms with Crippen molar-refractivity contribution in [3.63, 3.8) is 0 Å². The molecule has 0 radical (unpaired) electrons. The average molecular weight is 349 g/mol. The molecule has 2 heterocycles. The van der Waals surface area contributed by atoms with E-state index in [9.17, 15) is 9.59 Å². The number of benzene rings is 1. The van der Waals surface area contributed by atoms with Gasteiger partial charge in [-0.3, -0.25) is 20.4 Å². The molecule has 0 aliphatic carbocycles. The number of hydrogen-bond acceptors (Lipinski definition) is 6. The average Bonchev–Trinajstić information content (AvgIpc) is 2.60. The molecule has 0 unspecified atom stereocenters. The summed E-state index contributed by atoms with van der Waals surface area (Å²) in [6.07, 6.45) is 2.15. The Morgan fingerprint density at radius 1 is 1.29 bits per heavy atom. The van der Waals surface area contributed by atoms with Gasteiger partial charge >= 0.3 is 0 Å². The number of hydrogen-bond donors (Lipinski definition) is 2. The molecule has 2 N–H and O–H groups in total. The number of aromatic nitrogens is 2. The van der Waals surface area contributed by atoms with Crippen LogP contribution in [0.2, 0.25) is 5.15 Å². The maximum Gasteiger partial charge on any atom is 0.241 e. The Labute approximate surface area is 143 Å². The van der Waals surface area contributed by atoms with Crippen LogP contribution in [0.15, 0.2) is 12.1 Å². The molecular weight excluding hydrogens is 332 g/mol. The lowest BCUT2D eigenvalue weighted by molar-refractivity contribution is -0.127. The summed E-state index contributed by atoms with van der Waals surface area (Å²) in [5.41, 5.74) is 7.81. The number of carbonyl (C=O) groups is 2. The number of ether oxygens (including phenoxy) is 1. The van der Waals surface area contributed by atoms with E-state index in [1.165, 1.54) is 0 Å². The number of aryl methyl sites for hydroxylation is 1. The van der Waals surface area contributed by atoms with Crippen molar-refractivity contribution in [3.05, 3.63) is 28.4 Å².